The fourth-order valence-electron chi connectivity index (χ4n) is 2.46. The summed E-state index contributed by atoms with van der Waals surface area (Å²) in [7, 11) is -3.20. The standard InChI is InChI=1S/C15H24N2O2S/c1-11(2)7-9-20(18,19)17-8-6-14-10-13(12(3)16)4-5-15(14)17/h4-5,10-12H,6-9,16H2,1-3H3. The van der Waals surface area contributed by atoms with Gasteiger partial charge < -0.3 is 5.73 Å². The third-order valence-electron chi connectivity index (χ3n) is 3.77. The first-order valence-electron chi connectivity index (χ1n) is 7.20. The molecule has 0 saturated heterocycles. The van der Waals surface area contributed by atoms with Crippen LogP contribution in [0, 0.1) is 5.92 Å². The van der Waals surface area contributed by atoms with Crippen LogP contribution in [0.4, 0.5) is 5.69 Å². The molecule has 5 heteroatoms. The number of anilines is 1. The van der Waals surface area contributed by atoms with Crippen molar-refractivity contribution in [2.24, 2.45) is 11.7 Å². The summed E-state index contributed by atoms with van der Waals surface area (Å²) >= 11 is 0. The van der Waals surface area contributed by atoms with E-state index in [0.717, 1.165) is 23.2 Å². The molecule has 1 aromatic carbocycles. The summed E-state index contributed by atoms with van der Waals surface area (Å²) in [5, 5.41) is 0. The number of hydrogen-bond acceptors (Lipinski definition) is 3. The van der Waals surface area contributed by atoms with E-state index in [1.165, 1.54) is 0 Å². The Kier molecular flexibility index (Phi) is 4.39. The lowest BCUT2D eigenvalue weighted by atomic mass is 10.0. The molecule has 1 unspecified atom stereocenters. The van der Waals surface area contributed by atoms with E-state index in [9.17, 15) is 8.42 Å². The number of sulfonamides is 1. The van der Waals surface area contributed by atoms with Crippen LogP contribution in [0.15, 0.2) is 18.2 Å². The molecular weight excluding hydrogens is 272 g/mol. The Morgan fingerprint density at radius 1 is 1.30 bits per heavy atom. The Morgan fingerprint density at radius 2 is 2.00 bits per heavy atom. The number of fused-ring (bicyclic) bond motifs is 1. The van der Waals surface area contributed by atoms with Crippen LogP contribution in [0.2, 0.25) is 0 Å². The van der Waals surface area contributed by atoms with Crippen molar-refractivity contribution in [1.29, 1.82) is 0 Å². The van der Waals surface area contributed by atoms with Gasteiger partial charge in [0.1, 0.15) is 0 Å². The zero-order valence-corrected chi connectivity index (χ0v) is 13.3. The highest BCUT2D eigenvalue weighted by atomic mass is 32.2. The average molecular weight is 296 g/mol. The summed E-state index contributed by atoms with van der Waals surface area (Å²) in [6.45, 7) is 6.58. The maximum atomic E-state index is 12.4. The molecule has 2 N–H and O–H groups in total. The molecule has 1 heterocycles. The maximum absolute atomic E-state index is 12.4. The quantitative estimate of drug-likeness (QED) is 0.907. The van der Waals surface area contributed by atoms with Crippen molar-refractivity contribution in [3.05, 3.63) is 29.3 Å². The van der Waals surface area contributed by atoms with Crippen LogP contribution < -0.4 is 10.0 Å². The lowest BCUT2D eigenvalue weighted by molar-refractivity contribution is 0.570. The second kappa shape index (κ2) is 5.74. The molecule has 0 spiro atoms. The van der Waals surface area contributed by atoms with Gasteiger partial charge in [-0.25, -0.2) is 8.42 Å². The van der Waals surface area contributed by atoms with Crippen LogP contribution in [-0.4, -0.2) is 20.7 Å². The predicted molar refractivity (Wildman–Crippen MR) is 83.3 cm³/mol. The minimum Gasteiger partial charge on any atom is -0.324 e. The monoisotopic (exact) mass is 296 g/mol. The molecule has 112 valence electrons. The number of benzene rings is 1. The van der Waals surface area contributed by atoms with E-state index in [1.807, 2.05) is 39.0 Å². The highest BCUT2D eigenvalue weighted by molar-refractivity contribution is 7.92. The maximum Gasteiger partial charge on any atom is 0.235 e. The van der Waals surface area contributed by atoms with Gasteiger partial charge in [-0.3, -0.25) is 4.31 Å². The molecule has 1 aliphatic rings. The molecule has 0 bridgehead atoms. The van der Waals surface area contributed by atoms with Crippen molar-refractivity contribution >= 4 is 15.7 Å². The number of rotatable bonds is 5. The number of nitrogens with two attached hydrogens (primary N) is 1. The number of hydrogen-bond donors (Lipinski definition) is 1. The highest BCUT2D eigenvalue weighted by Gasteiger charge is 2.29. The van der Waals surface area contributed by atoms with E-state index in [1.54, 1.807) is 4.31 Å². The van der Waals surface area contributed by atoms with Gasteiger partial charge in [-0.05, 0) is 42.9 Å². The third-order valence-corrected chi connectivity index (χ3v) is 5.57. The second-order valence-electron chi connectivity index (χ2n) is 6.00. The van der Waals surface area contributed by atoms with Crippen molar-refractivity contribution in [2.45, 2.75) is 39.7 Å². The molecule has 0 aromatic heterocycles. The van der Waals surface area contributed by atoms with E-state index in [0.29, 0.717) is 18.9 Å². The third kappa shape index (κ3) is 3.15. The summed E-state index contributed by atoms with van der Waals surface area (Å²) in [6, 6.07) is 5.85. The Bertz CT molecular complexity index is 580. The van der Waals surface area contributed by atoms with Crippen LogP contribution in [0.3, 0.4) is 0 Å². The van der Waals surface area contributed by atoms with Gasteiger partial charge >= 0.3 is 0 Å². The fraction of sp³-hybridized carbons (Fsp3) is 0.600. The molecule has 1 aromatic rings. The summed E-state index contributed by atoms with van der Waals surface area (Å²) in [6.07, 6.45) is 1.48. The molecule has 0 aliphatic carbocycles. The first-order valence-corrected chi connectivity index (χ1v) is 8.81. The van der Waals surface area contributed by atoms with Crippen LogP contribution in [0.5, 0.6) is 0 Å². The molecule has 20 heavy (non-hydrogen) atoms. The van der Waals surface area contributed by atoms with Gasteiger partial charge in [-0.1, -0.05) is 26.0 Å². The lowest BCUT2D eigenvalue weighted by Crippen LogP contribution is -2.31. The Morgan fingerprint density at radius 3 is 2.60 bits per heavy atom. The van der Waals surface area contributed by atoms with E-state index >= 15 is 0 Å². The minimum atomic E-state index is -3.20. The molecule has 1 aliphatic heterocycles. The summed E-state index contributed by atoms with van der Waals surface area (Å²) in [5.74, 6) is 0.617. The van der Waals surface area contributed by atoms with Crippen molar-refractivity contribution < 1.29 is 8.42 Å². The van der Waals surface area contributed by atoms with Gasteiger partial charge in [0.2, 0.25) is 10.0 Å². The first kappa shape index (κ1) is 15.3. The topological polar surface area (TPSA) is 63.4 Å². The van der Waals surface area contributed by atoms with E-state index in [4.69, 9.17) is 5.73 Å². The Labute approximate surface area is 122 Å². The highest BCUT2D eigenvalue weighted by Crippen LogP contribution is 2.32. The largest absolute Gasteiger partial charge is 0.324 e. The van der Waals surface area contributed by atoms with Gasteiger partial charge in [0, 0.05) is 12.6 Å². The number of nitrogens with zero attached hydrogens (tertiary/aromatic N) is 1. The van der Waals surface area contributed by atoms with Crippen molar-refractivity contribution in [3.8, 4) is 0 Å². The van der Waals surface area contributed by atoms with Crippen molar-refractivity contribution in [2.75, 3.05) is 16.6 Å². The second-order valence-corrected chi connectivity index (χ2v) is 8.01. The van der Waals surface area contributed by atoms with Crippen molar-refractivity contribution in [3.63, 3.8) is 0 Å². The van der Waals surface area contributed by atoms with E-state index < -0.39 is 10.0 Å². The zero-order valence-electron chi connectivity index (χ0n) is 12.5. The Hall–Kier alpha value is -1.07. The first-order chi connectivity index (χ1) is 9.31. The molecule has 4 nitrogen and oxygen atoms in total. The molecule has 0 amide bonds. The SMILES string of the molecule is CC(C)CCS(=O)(=O)N1CCc2cc(C(C)N)ccc21. The summed E-state index contributed by atoms with van der Waals surface area (Å²) in [4.78, 5) is 0. The predicted octanol–water partition coefficient (Wildman–Crippen LogP) is 2.44. The van der Waals surface area contributed by atoms with Crippen LogP contribution >= 0.6 is 0 Å². The molecule has 0 saturated carbocycles. The van der Waals surface area contributed by atoms with Gasteiger partial charge in [0.15, 0.2) is 0 Å². The van der Waals surface area contributed by atoms with Gasteiger partial charge in [-0.15, -0.1) is 0 Å². The molecular formula is C15H24N2O2S. The Balaban J connectivity index is 2.23. The molecule has 2 rings (SSSR count). The van der Waals surface area contributed by atoms with Gasteiger partial charge in [-0.2, -0.15) is 0 Å². The van der Waals surface area contributed by atoms with Gasteiger partial charge in [0.05, 0.1) is 11.4 Å². The van der Waals surface area contributed by atoms with Crippen molar-refractivity contribution in [1.82, 2.24) is 0 Å². The van der Waals surface area contributed by atoms with Crippen LogP contribution in [0.25, 0.3) is 0 Å². The van der Waals surface area contributed by atoms with E-state index in [2.05, 4.69) is 0 Å². The minimum absolute atomic E-state index is 0.0214. The summed E-state index contributed by atoms with van der Waals surface area (Å²) in [5.41, 5.74) is 8.86. The summed E-state index contributed by atoms with van der Waals surface area (Å²) < 4.78 is 26.4. The lowest BCUT2D eigenvalue weighted by Gasteiger charge is -2.20. The smallest absolute Gasteiger partial charge is 0.235 e. The molecule has 0 fully saturated rings. The normalized spacial score (nSPS) is 16.6. The molecule has 1 atom stereocenters. The van der Waals surface area contributed by atoms with Gasteiger partial charge in [0.25, 0.3) is 0 Å². The average Bonchev–Trinajstić information content (AvgIpc) is 2.79. The molecule has 0 radical (unpaired) electrons. The van der Waals surface area contributed by atoms with Crippen LogP contribution in [-0.2, 0) is 16.4 Å². The van der Waals surface area contributed by atoms with Crippen LogP contribution in [0.1, 0.15) is 44.4 Å². The zero-order chi connectivity index (χ0) is 14.9. The fourth-order valence-corrected chi connectivity index (χ4v) is 4.30. The van der Waals surface area contributed by atoms with E-state index in [-0.39, 0.29) is 11.8 Å².